The van der Waals surface area contributed by atoms with Gasteiger partial charge in [-0.15, -0.1) is 0 Å². The van der Waals surface area contributed by atoms with Crippen molar-refractivity contribution >= 4 is 5.91 Å². The second-order valence-electron chi connectivity index (χ2n) is 6.54. The monoisotopic (exact) mass is 347 g/mol. The first-order valence-corrected chi connectivity index (χ1v) is 8.50. The van der Waals surface area contributed by atoms with Gasteiger partial charge in [0.2, 0.25) is 5.91 Å². The highest BCUT2D eigenvalue weighted by Crippen LogP contribution is 2.19. The number of hydrogen-bond donors (Lipinski definition) is 2. The number of carbonyl (C=O) groups excluding carboxylic acids is 1. The molecular weight excluding hydrogens is 321 g/mol. The second-order valence-corrected chi connectivity index (χ2v) is 6.54. The number of hydrogen-bond acceptors (Lipinski definition) is 3. The van der Waals surface area contributed by atoms with Crippen LogP contribution in [0.4, 0.5) is 4.39 Å². The number of aryl methyl sites for hydroxylation is 2. The lowest BCUT2D eigenvalue weighted by molar-refractivity contribution is -0.121. The fourth-order valence-corrected chi connectivity index (χ4v) is 2.98. The second kappa shape index (κ2) is 8.25. The maximum Gasteiger partial charge on any atom is 0.220 e. The normalized spacial score (nSPS) is 13.5. The summed E-state index contributed by atoms with van der Waals surface area (Å²) in [6, 6.07) is 5.58. The zero-order valence-corrected chi connectivity index (χ0v) is 15.2. The number of rotatable bonds is 7. The van der Waals surface area contributed by atoms with Gasteiger partial charge < -0.3 is 10.4 Å². The number of aliphatic hydroxyl groups excluding tert-OH is 1. The van der Waals surface area contributed by atoms with Gasteiger partial charge >= 0.3 is 0 Å². The van der Waals surface area contributed by atoms with E-state index in [4.69, 9.17) is 0 Å². The summed E-state index contributed by atoms with van der Waals surface area (Å²) in [5.41, 5.74) is 3.78. The maximum atomic E-state index is 12.9. The van der Waals surface area contributed by atoms with Crippen LogP contribution in [0.3, 0.4) is 0 Å². The number of halogens is 1. The third-order valence-corrected chi connectivity index (χ3v) is 4.50. The molecule has 1 amide bonds. The number of nitrogens with one attached hydrogen (secondary N) is 1. The topological polar surface area (TPSA) is 67.2 Å². The van der Waals surface area contributed by atoms with Crippen molar-refractivity contribution in [2.24, 2.45) is 7.05 Å². The fourth-order valence-electron chi connectivity index (χ4n) is 2.98. The standard InChI is InChI=1S/C19H26FN3O2/c1-12(11-18(24)15-5-7-16(20)8-6-15)21-19(25)10-9-17-13(2)22-23(4)14(17)3/h5-8,12,18,24H,9-11H2,1-4H3,(H,21,25). The Hall–Kier alpha value is -2.21. The summed E-state index contributed by atoms with van der Waals surface area (Å²) in [6.45, 7) is 5.79. The highest BCUT2D eigenvalue weighted by Gasteiger charge is 2.16. The Morgan fingerprint density at radius 3 is 2.52 bits per heavy atom. The average Bonchev–Trinajstić information content (AvgIpc) is 2.78. The number of nitrogens with zero attached hydrogens (tertiary/aromatic N) is 2. The van der Waals surface area contributed by atoms with Crippen molar-refractivity contribution in [1.29, 1.82) is 0 Å². The van der Waals surface area contributed by atoms with Gasteiger partial charge in [-0.1, -0.05) is 12.1 Å². The third-order valence-electron chi connectivity index (χ3n) is 4.50. The highest BCUT2D eigenvalue weighted by atomic mass is 19.1. The first kappa shape index (κ1) is 19.1. The minimum atomic E-state index is -0.737. The molecule has 0 aliphatic rings. The molecule has 1 aromatic carbocycles. The molecule has 2 rings (SSSR count). The zero-order valence-electron chi connectivity index (χ0n) is 15.2. The Labute approximate surface area is 147 Å². The lowest BCUT2D eigenvalue weighted by Crippen LogP contribution is -2.33. The number of amides is 1. The number of benzene rings is 1. The van der Waals surface area contributed by atoms with E-state index < -0.39 is 6.10 Å². The summed E-state index contributed by atoms with van der Waals surface area (Å²) < 4.78 is 14.7. The summed E-state index contributed by atoms with van der Waals surface area (Å²) in [6.07, 6.45) is 0.663. The molecule has 6 heteroatoms. The van der Waals surface area contributed by atoms with E-state index >= 15 is 0 Å². The molecule has 25 heavy (non-hydrogen) atoms. The van der Waals surface area contributed by atoms with Crippen LogP contribution in [-0.4, -0.2) is 26.8 Å². The number of aliphatic hydroxyl groups is 1. The van der Waals surface area contributed by atoms with Gasteiger partial charge in [0, 0.05) is 25.2 Å². The molecule has 2 unspecified atom stereocenters. The Kier molecular flexibility index (Phi) is 6.31. The van der Waals surface area contributed by atoms with E-state index in [-0.39, 0.29) is 17.8 Å². The summed E-state index contributed by atoms with van der Waals surface area (Å²) >= 11 is 0. The van der Waals surface area contributed by atoms with E-state index in [1.165, 1.54) is 12.1 Å². The zero-order chi connectivity index (χ0) is 18.6. The van der Waals surface area contributed by atoms with Gasteiger partial charge in [0.05, 0.1) is 11.8 Å². The summed E-state index contributed by atoms with van der Waals surface area (Å²) in [5.74, 6) is -0.389. The Morgan fingerprint density at radius 1 is 1.32 bits per heavy atom. The van der Waals surface area contributed by atoms with Gasteiger partial charge in [-0.25, -0.2) is 4.39 Å². The quantitative estimate of drug-likeness (QED) is 0.809. The van der Waals surface area contributed by atoms with Crippen LogP contribution in [0, 0.1) is 19.7 Å². The molecule has 0 saturated heterocycles. The predicted molar refractivity (Wildman–Crippen MR) is 94.6 cm³/mol. The van der Waals surface area contributed by atoms with Gasteiger partial charge in [-0.3, -0.25) is 9.48 Å². The smallest absolute Gasteiger partial charge is 0.220 e. The third kappa shape index (κ3) is 5.13. The summed E-state index contributed by atoms with van der Waals surface area (Å²) in [5, 5.41) is 17.5. The average molecular weight is 347 g/mol. The van der Waals surface area contributed by atoms with Gasteiger partial charge in [0.25, 0.3) is 0 Å². The molecule has 1 heterocycles. The molecule has 0 saturated carbocycles. The van der Waals surface area contributed by atoms with Crippen LogP contribution in [0.5, 0.6) is 0 Å². The van der Waals surface area contributed by atoms with Crippen molar-refractivity contribution in [2.75, 3.05) is 0 Å². The first-order valence-electron chi connectivity index (χ1n) is 8.50. The van der Waals surface area contributed by atoms with Gasteiger partial charge in [-0.2, -0.15) is 5.10 Å². The molecular formula is C19H26FN3O2. The lowest BCUT2D eigenvalue weighted by atomic mass is 10.0. The van der Waals surface area contributed by atoms with Crippen molar-refractivity contribution in [3.8, 4) is 0 Å². The van der Waals surface area contributed by atoms with Gasteiger partial charge in [0.15, 0.2) is 0 Å². The van der Waals surface area contributed by atoms with E-state index in [2.05, 4.69) is 10.4 Å². The van der Waals surface area contributed by atoms with Crippen molar-refractivity contribution in [2.45, 2.75) is 52.2 Å². The Bertz CT molecular complexity index is 725. The van der Waals surface area contributed by atoms with E-state index in [0.717, 1.165) is 17.0 Å². The molecule has 0 radical (unpaired) electrons. The van der Waals surface area contributed by atoms with Crippen molar-refractivity contribution in [1.82, 2.24) is 15.1 Å². The van der Waals surface area contributed by atoms with Crippen LogP contribution in [0.15, 0.2) is 24.3 Å². The molecule has 1 aromatic heterocycles. The van der Waals surface area contributed by atoms with Crippen LogP contribution < -0.4 is 5.32 Å². The maximum absolute atomic E-state index is 12.9. The molecule has 2 atom stereocenters. The molecule has 0 aliphatic heterocycles. The molecule has 2 N–H and O–H groups in total. The van der Waals surface area contributed by atoms with E-state index in [1.807, 2.05) is 32.5 Å². The van der Waals surface area contributed by atoms with Crippen molar-refractivity contribution < 1.29 is 14.3 Å². The minimum Gasteiger partial charge on any atom is -0.388 e. The molecule has 0 fully saturated rings. The molecule has 0 bridgehead atoms. The SMILES string of the molecule is Cc1nn(C)c(C)c1CCC(=O)NC(C)CC(O)c1ccc(F)cc1. The Morgan fingerprint density at radius 2 is 1.96 bits per heavy atom. The van der Waals surface area contributed by atoms with Gasteiger partial charge in [0.1, 0.15) is 5.82 Å². The highest BCUT2D eigenvalue weighted by molar-refractivity contribution is 5.76. The van der Waals surface area contributed by atoms with Crippen LogP contribution in [0.25, 0.3) is 0 Å². The van der Waals surface area contributed by atoms with Crippen LogP contribution in [0.2, 0.25) is 0 Å². The summed E-state index contributed by atoms with van der Waals surface area (Å²) in [7, 11) is 1.89. The van der Waals surface area contributed by atoms with E-state index in [9.17, 15) is 14.3 Å². The predicted octanol–water partition coefficient (Wildman–Crippen LogP) is 2.74. The largest absolute Gasteiger partial charge is 0.388 e. The molecule has 0 spiro atoms. The van der Waals surface area contributed by atoms with Crippen LogP contribution >= 0.6 is 0 Å². The molecule has 136 valence electrons. The Balaban J connectivity index is 1.82. The van der Waals surface area contributed by atoms with Gasteiger partial charge in [-0.05, 0) is 56.9 Å². The number of carbonyl (C=O) groups is 1. The fraction of sp³-hybridized carbons (Fsp3) is 0.474. The minimum absolute atomic E-state index is 0.0542. The number of aromatic nitrogens is 2. The molecule has 0 aliphatic carbocycles. The molecule has 5 nitrogen and oxygen atoms in total. The van der Waals surface area contributed by atoms with Crippen molar-refractivity contribution in [3.63, 3.8) is 0 Å². The van der Waals surface area contributed by atoms with Crippen LogP contribution in [0.1, 0.15) is 48.4 Å². The van der Waals surface area contributed by atoms with E-state index in [1.54, 1.807) is 12.1 Å². The van der Waals surface area contributed by atoms with Crippen molar-refractivity contribution in [3.05, 3.63) is 52.6 Å². The summed E-state index contributed by atoms with van der Waals surface area (Å²) in [4.78, 5) is 12.1. The van der Waals surface area contributed by atoms with E-state index in [0.29, 0.717) is 24.8 Å². The van der Waals surface area contributed by atoms with Crippen LogP contribution in [-0.2, 0) is 18.3 Å². The first-order chi connectivity index (χ1) is 11.8. The molecule has 2 aromatic rings. The lowest BCUT2D eigenvalue weighted by Gasteiger charge is -2.18.